The predicted molar refractivity (Wildman–Crippen MR) is 130 cm³/mol. The Kier molecular flexibility index (Phi) is 10.0. The second kappa shape index (κ2) is 12.0. The average Bonchev–Trinajstić information content (AvgIpc) is 2.67. The number of thioether (sulfide) groups is 1. The minimum atomic E-state index is -0.594. The summed E-state index contributed by atoms with van der Waals surface area (Å²) in [6.07, 6.45) is 0. The molecule has 0 aliphatic rings. The molecule has 1 unspecified atom stereocenters. The summed E-state index contributed by atoms with van der Waals surface area (Å²) in [5.41, 5.74) is 1.75. The molecule has 2 rings (SSSR count). The highest BCUT2D eigenvalue weighted by atomic mass is 79.9. The van der Waals surface area contributed by atoms with Gasteiger partial charge in [0.15, 0.2) is 0 Å². The molecule has 30 heavy (non-hydrogen) atoms. The molecule has 0 aliphatic heterocycles. The zero-order valence-corrected chi connectivity index (χ0v) is 21.0. The van der Waals surface area contributed by atoms with Crippen LogP contribution < -0.4 is 5.32 Å². The molecule has 2 amide bonds. The third-order valence-electron chi connectivity index (χ3n) is 4.37. The van der Waals surface area contributed by atoms with Crippen molar-refractivity contribution >= 4 is 62.7 Å². The van der Waals surface area contributed by atoms with E-state index in [2.05, 4.69) is 21.2 Å². The van der Waals surface area contributed by atoms with Crippen LogP contribution in [0.15, 0.2) is 46.9 Å². The Hall–Kier alpha value is -1.21. The van der Waals surface area contributed by atoms with Gasteiger partial charge < -0.3 is 10.2 Å². The zero-order chi connectivity index (χ0) is 22.3. The van der Waals surface area contributed by atoms with Gasteiger partial charge in [0.1, 0.15) is 6.04 Å². The van der Waals surface area contributed by atoms with Gasteiger partial charge in [-0.25, -0.2) is 0 Å². The molecule has 0 saturated carbocycles. The molecule has 0 spiro atoms. The molecule has 162 valence electrons. The van der Waals surface area contributed by atoms with E-state index in [0.29, 0.717) is 22.3 Å². The molecular formula is C22H25BrCl2N2O2S. The highest BCUT2D eigenvalue weighted by Crippen LogP contribution is 2.28. The first-order valence-corrected chi connectivity index (χ1v) is 12.2. The topological polar surface area (TPSA) is 49.4 Å². The summed E-state index contributed by atoms with van der Waals surface area (Å²) in [6.45, 7) is 5.89. The molecule has 2 aromatic rings. The van der Waals surface area contributed by atoms with Crippen molar-refractivity contribution in [2.75, 3.05) is 5.75 Å². The summed E-state index contributed by atoms with van der Waals surface area (Å²) in [6, 6.07) is 12.5. The van der Waals surface area contributed by atoms with Gasteiger partial charge in [-0.05, 0) is 56.2 Å². The van der Waals surface area contributed by atoms with Crippen molar-refractivity contribution in [3.8, 4) is 0 Å². The number of carbonyl (C=O) groups is 2. The third kappa shape index (κ3) is 7.49. The van der Waals surface area contributed by atoms with Crippen molar-refractivity contribution in [2.45, 2.75) is 45.2 Å². The number of rotatable bonds is 9. The maximum Gasteiger partial charge on any atom is 0.242 e. The summed E-state index contributed by atoms with van der Waals surface area (Å²) in [5.74, 6) is 0.443. The van der Waals surface area contributed by atoms with E-state index in [-0.39, 0.29) is 23.6 Å². The summed E-state index contributed by atoms with van der Waals surface area (Å²) in [5, 5.41) is 4.05. The molecule has 0 heterocycles. The lowest BCUT2D eigenvalue weighted by Gasteiger charge is -2.29. The number of nitrogens with one attached hydrogen (secondary N) is 1. The van der Waals surface area contributed by atoms with Crippen molar-refractivity contribution < 1.29 is 9.59 Å². The van der Waals surface area contributed by atoms with Crippen molar-refractivity contribution in [1.29, 1.82) is 0 Å². The highest BCUT2D eigenvalue weighted by molar-refractivity contribution is 9.10. The molecule has 2 aromatic carbocycles. The molecule has 8 heteroatoms. The molecular weight excluding hydrogens is 507 g/mol. The van der Waals surface area contributed by atoms with Crippen molar-refractivity contribution in [3.05, 3.63) is 68.1 Å². The van der Waals surface area contributed by atoms with Gasteiger partial charge in [-0.3, -0.25) is 9.59 Å². The Morgan fingerprint density at radius 2 is 1.73 bits per heavy atom. The fourth-order valence-corrected chi connectivity index (χ4v) is 4.91. The van der Waals surface area contributed by atoms with Gasteiger partial charge in [0.2, 0.25) is 11.8 Å². The van der Waals surface area contributed by atoms with Crippen LogP contribution in [0.5, 0.6) is 0 Å². The molecule has 0 bridgehead atoms. The maximum absolute atomic E-state index is 13.1. The molecule has 0 aliphatic carbocycles. The molecule has 0 radical (unpaired) electrons. The second-order valence-electron chi connectivity index (χ2n) is 7.18. The van der Waals surface area contributed by atoms with Crippen LogP contribution in [-0.2, 0) is 21.9 Å². The van der Waals surface area contributed by atoms with E-state index in [4.69, 9.17) is 23.2 Å². The van der Waals surface area contributed by atoms with Gasteiger partial charge in [-0.2, -0.15) is 0 Å². The van der Waals surface area contributed by atoms with Crippen LogP contribution in [0.4, 0.5) is 0 Å². The van der Waals surface area contributed by atoms with Gasteiger partial charge >= 0.3 is 0 Å². The number of halogens is 3. The normalized spacial score (nSPS) is 12.0. The lowest BCUT2D eigenvalue weighted by Crippen LogP contribution is -2.49. The quantitative estimate of drug-likeness (QED) is 0.436. The summed E-state index contributed by atoms with van der Waals surface area (Å²) in [4.78, 5) is 27.3. The number of benzene rings is 2. The standard InChI is InChI=1S/C22H25BrCl2N2O2S/c1-14(2)26-22(29)15(3)27(11-16-6-4-7-17(23)10-16)21(28)13-30-12-18-19(24)8-5-9-20(18)25/h4-10,14-15H,11-13H2,1-3H3,(H,26,29). The van der Waals surface area contributed by atoms with Gasteiger partial charge in [-0.1, -0.05) is 57.3 Å². The Labute approximate surface area is 200 Å². The Morgan fingerprint density at radius 1 is 1.10 bits per heavy atom. The number of carbonyl (C=O) groups excluding carboxylic acids is 2. The van der Waals surface area contributed by atoms with E-state index in [1.807, 2.05) is 38.1 Å². The smallest absolute Gasteiger partial charge is 0.242 e. The van der Waals surface area contributed by atoms with Gasteiger partial charge in [0.05, 0.1) is 5.75 Å². The fourth-order valence-electron chi connectivity index (χ4n) is 2.81. The van der Waals surface area contributed by atoms with Crippen LogP contribution in [0.2, 0.25) is 10.0 Å². The van der Waals surface area contributed by atoms with E-state index in [1.165, 1.54) is 11.8 Å². The first-order valence-electron chi connectivity index (χ1n) is 9.54. The Morgan fingerprint density at radius 3 is 2.33 bits per heavy atom. The van der Waals surface area contributed by atoms with E-state index in [9.17, 15) is 9.59 Å². The monoisotopic (exact) mass is 530 g/mol. The van der Waals surface area contributed by atoms with Crippen LogP contribution in [0.1, 0.15) is 31.9 Å². The number of hydrogen-bond acceptors (Lipinski definition) is 3. The predicted octanol–water partition coefficient (Wildman–Crippen LogP) is 5.93. The lowest BCUT2D eigenvalue weighted by atomic mass is 10.1. The molecule has 0 aromatic heterocycles. The van der Waals surface area contributed by atoms with Crippen LogP contribution in [-0.4, -0.2) is 34.6 Å². The van der Waals surface area contributed by atoms with Crippen LogP contribution in [0, 0.1) is 0 Å². The highest BCUT2D eigenvalue weighted by Gasteiger charge is 2.26. The van der Waals surface area contributed by atoms with Crippen molar-refractivity contribution in [3.63, 3.8) is 0 Å². The summed E-state index contributed by atoms with van der Waals surface area (Å²) < 4.78 is 0.925. The fraction of sp³-hybridized carbons (Fsp3) is 0.364. The molecule has 1 N–H and O–H groups in total. The van der Waals surface area contributed by atoms with Gasteiger partial charge in [-0.15, -0.1) is 11.8 Å². The molecule has 1 atom stereocenters. The number of amides is 2. The molecule has 0 fully saturated rings. The summed E-state index contributed by atoms with van der Waals surface area (Å²) >= 11 is 17.3. The molecule has 4 nitrogen and oxygen atoms in total. The van der Waals surface area contributed by atoms with Crippen molar-refractivity contribution in [2.24, 2.45) is 0 Å². The van der Waals surface area contributed by atoms with E-state index < -0.39 is 6.04 Å². The van der Waals surface area contributed by atoms with Crippen LogP contribution in [0.3, 0.4) is 0 Å². The Balaban J connectivity index is 2.11. The first kappa shape index (κ1) is 25.1. The molecule has 0 saturated heterocycles. The largest absolute Gasteiger partial charge is 0.352 e. The van der Waals surface area contributed by atoms with Crippen molar-refractivity contribution in [1.82, 2.24) is 10.2 Å². The van der Waals surface area contributed by atoms with E-state index in [0.717, 1.165) is 15.6 Å². The van der Waals surface area contributed by atoms with Gasteiger partial charge in [0.25, 0.3) is 0 Å². The zero-order valence-electron chi connectivity index (χ0n) is 17.1. The maximum atomic E-state index is 13.1. The minimum absolute atomic E-state index is 0.000453. The van der Waals surface area contributed by atoms with E-state index >= 15 is 0 Å². The van der Waals surface area contributed by atoms with Crippen LogP contribution in [0.25, 0.3) is 0 Å². The third-order valence-corrected chi connectivity index (χ3v) is 6.52. The van der Waals surface area contributed by atoms with E-state index in [1.54, 1.807) is 30.0 Å². The minimum Gasteiger partial charge on any atom is -0.352 e. The van der Waals surface area contributed by atoms with Gasteiger partial charge in [0, 0.05) is 32.9 Å². The lowest BCUT2D eigenvalue weighted by molar-refractivity contribution is -0.138. The first-order chi connectivity index (χ1) is 14.2. The average molecular weight is 532 g/mol. The Bertz CT molecular complexity index is 875. The SMILES string of the molecule is CC(C)NC(=O)C(C)N(Cc1cccc(Br)c1)C(=O)CSCc1c(Cl)cccc1Cl. The number of nitrogens with zero attached hydrogens (tertiary/aromatic N) is 1. The van der Waals surface area contributed by atoms with Crippen LogP contribution >= 0.6 is 50.9 Å². The summed E-state index contributed by atoms with van der Waals surface area (Å²) in [7, 11) is 0. The second-order valence-corrected chi connectivity index (χ2v) is 9.90. The number of hydrogen-bond donors (Lipinski definition) is 1.